The van der Waals surface area contributed by atoms with Crippen LogP contribution in [-0.4, -0.2) is 12.1 Å². The van der Waals surface area contributed by atoms with Crippen molar-refractivity contribution in [2.45, 2.75) is 44.7 Å². The second kappa shape index (κ2) is 4.66. The predicted molar refractivity (Wildman–Crippen MR) is 84.3 cm³/mol. The predicted octanol–water partition coefficient (Wildman–Crippen LogP) is 4.00. The first-order valence-corrected chi connectivity index (χ1v) is 7.76. The van der Waals surface area contributed by atoms with E-state index in [2.05, 4.69) is 60.4 Å². The smallest absolute Gasteiger partial charge is 0.0437 e. The van der Waals surface area contributed by atoms with Gasteiger partial charge in [-0.15, -0.1) is 0 Å². The fourth-order valence-electron chi connectivity index (χ4n) is 4.02. The van der Waals surface area contributed by atoms with E-state index in [1.807, 2.05) is 0 Å². The molecule has 2 aromatic rings. The molecule has 0 bridgehead atoms. The van der Waals surface area contributed by atoms with Crippen LogP contribution in [0.3, 0.4) is 0 Å². The molecule has 2 aliphatic rings. The van der Waals surface area contributed by atoms with Crippen LogP contribution in [0.4, 0.5) is 5.69 Å². The van der Waals surface area contributed by atoms with Crippen LogP contribution in [0.1, 0.15) is 30.0 Å². The third-order valence-electron chi connectivity index (χ3n) is 4.93. The Bertz CT molecular complexity index is 617. The highest BCUT2D eigenvalue weighted by Gasteiger charge is 2.36. The molecule has 2 heterocycles. The number of nitrogens with zero attached hydrogens (tertiary/aromatic N) is 1. The van der Waals surface area contributed by atoms with Crippen molar-refractivity contribution >= 4 is 5.69 Å². The molecule has 0 unspecified atom stereocenters. The van der Waals surface area contributed by atoms with E-state index in [9.17, 15) is 0 Å². The maximum absolute atomic E-state index is 2.71. The number of hydrogen-bond donors (Lipinski definition) is 0. The zero-order valence-corrected chi connectivity index (χ0v) is 12.0. The van der Waals surface area contributed by atoms with Crippen LogP contribution in [0.2, 0.25) is 0 Å². The molecule has 0 aliphatic carbocycles. The van der Waals surface area contributed by atoms with Crippen molar-refractivity contribution in [3.63, 3.8) is 0 Å². The van der Waals surface area contributed by atoms with Crippen molar-refractivity contribution in [3.8, 4) is 0 Å². The van der Waals surface area contributed by atoms with Gasteiger partial charge in [-0.2, -0.15) is 0 Å². The van der Waals surface area contributed by atoms with Crippen LogP contribution >= 0.6 is 0 Å². The minimum Gasteiger partial charge on any atom is -0.365 e. The van der Waals surface area contributed by atoms with E-state index in [-0.39, 0.29) is 0 Å². The van der Waals surface area contributed by atoms with Crippen LogP contribution in [0.15, 0.2) is 48.5 Å². The van der Waals surface area contributed by atoms with Crippen molar-refractivity contribution in [1.29, 1.82) is 0 Å². The minimum atomic E-state index is 0.642. The molecule has 2 aromatic carbocycles. The van der Waals surface area contributed by atoms with Gasteiger partial charge in [0.2, 0.25) is 0 Å². The molecule has 0 amide bonds. The van der Waals surface area contributed by atoms with Gasteiger partial charge in [0, 0.05) is 17.8 Å². The van der Waals surface area contributed by atoms with Gasteiger partial charge in [0.05, 0.1) is 0 Å². The van der Waals surface area contributed by atoms with Crippen LogP contribution < -0.4 is 4.90 Å². The molecule has 0 spiro atoms. The first-order chi connectivity index (χ1) is 9.83. The van der Waals surface area contributed by atoms with Gasteiger partial charge < -0.3 is 4.90 Å². The second-order valence-electron chi connectivity index (χ2n) is 6.27. The van der Waals surface area contributed by atoms with Gasteiger partial charge in [0.15, 0.2) is 0 Å². The molecule has 1 heteroatoms. The molecule has 0 fully saturated rings. The van der Waals surface area contributed by atoms with E-state index in [1.165, 1.54) is 31.2 Å². The van der Waals surface area contributed by atoms with Gasteiger partial charge in [-0.25, -0.2) is 0 Å². The summed E-state index contributed by atoms with van der Waals surface area (Å²) in [5.74, 6) is 0. The number of anilines is 1. The molecule has 0 radical (unpaired) electrons. The summed E-state index contributed by atoms with van der Waals surface area (Å²) in [6.07, 6.45) is 4.92. The summed E-state index contributed by atoms with van der Waals surface area (Å²) < 4.78 is 0. The molecular formula is C19H21N. The molecule has 1 nitrogen and oxygen atoms in total. The Labute approximate surface area is 121 Å². The molecule has 2 aliphatic heterocycles. The van der Waals surface area contributed by atoms with Crippen molar-refractivity contribution in [2.75, 3.05) is 4.90 Å². The molecular weight excluding hydrogens is 242 g/mol. The van der Waals surface area contributed by atoms with Gasteiger partial charge in [-0.05, 0) is 49.3 Å². The van der Waals surface area contributed by atoms with E-state index < -0.39 is 0 Å². The number of benzene rings is 2. The zero-order chi connectivity index (χ0) is 13.5. The fourth-order valence-corrected chi connectivity index (χ4v) is 4.02. The van der Waals surface area contributed by atoms with Crippen molar-refractivity contribution in [2.24, 2.45) is 0 Å². The van der Waals surface area contributed by atoms with Gasteiger partial charge in [-0.3, -0.25) is 0 Å². The third-order valence-corrected chi connectivity index (χ3v) is 4.93. The van der Waals surface area contributed by atoms with Crippen LogP contribution in [0.25, 0.3) is 0 Å². The Hall–Kier alpha value is -1.76. The largest absolute Gasteiger partial charge is 0.365 e. The van der Waals surface area contributed by atoms with Crippen molar-refractivity contribution in [1.82, 2.24) is 0 Å². The van der Waals surface area contributed by atoms with Gasteiger partial charge >= 0.3 is 0 Å². The van der Waals surface area contributed by atoms with Crippen LogP contribution in [0, 0.1) is 0 Å². The summed E-state index contributed by atoms with van der Waals surface area (Å²) in [5, 5.41) is 0. The van der Waals surface area contributed by atoms with E-state index in [4.69, 9.17) is 0 Å². The number of hydrogen-bond acceptors (Lipinski definition) is 1. The molecule has 20 heavy (non-hydrogen) atoms. The lowest BCUT2D eigenvalue weighted by Crippen LogP contribution is -2.43. The molecule has 0 saturated heterocycles. The summed E-state index contributed by atoms with van der Waals surface area (Å²) in [6, 6.07) is 19.2. The van der Waals surface area contributed by atoms with Crippen molar-refractivity contribution in [3.05, 3.63) is 65.2 Å². The minimum absolute atomic E-state index is 0.642. The number of rotatable bonds is 2. The first kappa shape index (κ1) is 12.0. The summed E-state index contributed by atoms with van der Waals surface area (Å²) in [7, 11) is 0. The molecule has 0 N–H and O–H groups in total. The molecule has 102 valence electrons. The lowest BCUT2D eigenvalue weighted by atomic mass is 9.96. The Balaban J connectivity index is 1.69. The Morgan fingerprint density at radius 3 is 2.65 bits per heavy atom. The SMILES string of the molecule is C[C@H]1CCc2cccc3c2N1[C@H](Cc1ccccc1)C3. The lowest BCUT2D eigenvalue weighted by molar-refractivity contribution is 0.503. The molecule has 4 rings (SSSR count). The molecule has 0 saturated carbocycles. The topological polar surface area (TPSA) is 3.24 Å². The normalized spacial score (nSPS) is 23.8. The summed E-state index contributed by atoms with van der Waals surface area (Å²) in [4.78, 5) is 2.71. The maximum atomic E-state index is 2.71. The lowest BCUT2D eigenvalue weighted by Gasteiger charge is -2.38. The fraction of sp³-hybridized carbons (Fsp3) is 0.368. The quantitative estimate of drug-likeness (QED) is 0.791. The van der Waals surface area contributed by atoms with Gasteiger partial charge in [0.1, 0.15) is 0 Å². The number of aryl methyl sites for hydroxylation is 1. The highest BCUT2D eigenvalue weighted by atomic mass is 15.2. The van der Waals surface area contributed by atoms with E-state index in [1.54, 1.807) is 16.8 Å². The van der Waals surface area contributed by atoms with Gasteiger partial charge in [-0.1, -0.05) is 48.5 Å². The summed E-state index contributed by atoms with van der Waals surface area (Å²) in [5.41, 5.74) is 6.16. The van der Waals surface area contributed by atoms with E-state index in [0.29, 0.717) is 12.1 Å². The monoisotopic (exact) mass is 263 g/mol. The highest BCUT2D eigenvalue weighted by molar-refractivity contribution is 5.67. The van der Waals surface area contributed by atoms with E-state index >= 15 is 0 Å². The standard InChI is InChI=1S/C19H21N/c1-14-10-11-16-8-5-9-17-13-18(20(14)19(16)17)12-15-6-3-2-4-7-15/h2-9,14,18H,10-13H2,1H3/t14-,18+/m0/s1. The van der Waals surface area contributed by atoms with Crippen LogP contribution in [0.5, 0.6) is 0 Å². The highest BCUT2D eigenvalue weighted by Crippen LogP contribution is 2.42. The Morgan fingerprint density at radius 1 is 1.00 bits per heavy atom. The second-order valence-corrected chi connectivity index (χ2v) is 6.27. The Kier molecular flexibility index (Phi) is 2.80. The number of para-hydroxylation sites is 1. The summed E-state index contributed by atoms with van der Waals surface area (Å²) >= 11 is 0. The van der Waals surface area contributed by atoms with Crippen LogP contribution in [-0.2, 0) is 19.3 Å². The average Bonchev–Trinajstić information content (AvgIpc) is 2.84. The average molecular weight is 263 g/mol. The molecule has 0 aromatic heterocycles. The van der Waals surface area contributed by atoms with E-state index in [0.717, 1.165) is 0 Å². The maximum Gasteiger partial charge on any atom is 0.0437 e. The Morgan fingerprint density at radius 2 is 1.80 bits per heavy atom. The molecule has 2 atom stereocenters. The zero-order valence-electron chi connectivity index (χ0n) is 12.0. The van der Waals surface area contributed by atoms with Gasteiger partial charge in [0.25, 0.3) is 0 Å². The first-order valence-electron chi connectivity index (χ1n) is 7.76. The van der Waals surface area contributed by atoms with Crippen molar-refractivity contribution < 1.29 is 0 Å². The third kappa shape index (κ3) is 1.84. The summed E-state index contributed by atoms with van der Waals surface area (Å²) in [6.45, 7) is 2.39.